The normalized spacial score (nSPS) is 11.3. The summed E-state index contributed by atoms with van der Waals surface area (Å²) in [6.07, 6.45) is 0. The quantitative estimate of drug-likeness (QED) is 0.272. The van der Waals surface area contributed by atoms with E-state index < -0.39 is 0 Å². The second kappa shape index (κ2) is 7.05. The van der Waals surface area contributed by atoms with Gasteiger partial charge in [0.1, 0.15) is 0 Å². The Kier molecular flexibility index (Phi) is 4.87. The fraction of sp³-hybridized carbons (Fsp3) is 0.250. The van der Waals surface area contributed by atoms with Gasteiger partial charge in [-0.1, -0.05) is 0 Å². The molecule has 27 heavy (non-hydrogen) atoms. The van der Waals surface area contributed by atoms with Crippen molar-refractivity contribution in [2.45, 2.75) is 41.5 Å². The SMILES string of the molecule is Cc1c(C)c2ccc3sc(ccc4sc(ccc1s2)c(C)c4C)c(C)c3C. The van der Waals surface area contributed by atoms with Crippen LogP contribution in [0, 0.1) is 41.5 Å². The minimum Gasteiger partial charge on any atom is -0.136 e. The second-order valence-corrected chi connectivity index (χ2v) is 10.5. The maximum absolute atomic E-state index is 2.30. The van der Waals surface area contributed by atoms with Crippen LogP contribution in [0.4, 0.5) is 0 Å². The van der Waals surface area contributed by atoms with Crippen LogP contribution in [0.25, 0.3) is 28.2 Å². The number of aryl methyl sites for hydroxylation is 6. The zero-order valence-electron chi connectivity index (χ0n) is 16.7. The summed E-state index contributed by atoms with van der Waals surface area (Å²) in [6.45, 7) is 13.4. The van der Waals surface area contributed by atoms with Crippen molar-refractivity contribution in [3.63, 3.8) is 0 Å². The molecule has 0 spiro atoms. The number of rotatable bonds is 0. The highest BCUT2D eigenvalue weighted by Gasteiger charge is 2.06. The van der Waals surface area contributed by atoms with Crippen LogP contribution in [0.1, 0.15) is 33.4 Å². The summed E-state index contributed by atoms with van der Waals surface area (Å²) in [5.41, 5.74) is 8.38. The molecule has 0 atom stereocenters. The Labute approximate surface area is 173 Å². The van der Waals surface area contributed by atoms with Gasteiger partial charge in [0.05, 0.1) is 0 Å². The Bertz CT molecular complexity index is 1030. The molecule has 4 aromatic rings. The molecular weight excluding hydrogens is 384 g/mol. The minimum atomic E-state index is 1.37. The van der Waals surface area contributed by atoms with Crippen LogP contribution in [0.2, 0.25) is 0 Å². The van der Waals surface area contributed by atoms with E-state index in [1.807, 2.05) is 34.0 Å². The first-order valence-corrected chi connectivity index (χ1v) is 11.7. The molecule has 0 N–H and O–H groups in total. The van der Waals surface area contributed by atoms with Gasteiger partial charge < -0.3 is 0 Å². The summed E-state index contributed by atoms with van der Waals surface area (Å²) < 4.78 is 8.19. The molecule has 6 bridgehead atoms. The summed E-state index contributed by atoms with van der Waals surface area (Å²) in [5.74, 6) is 0. The number of fused-ring (bicyclic) bond motifs is 6. The zero-order chi connectivity index (χ0) is 19.3. The standard InChI is InChI=1S/C24H24S3/c1-13-14(2)20-9-10-22-17(5)18(6)24(27-22)12-11-23-16(4)15(3)21(26-23)8-7-19(13)25-20/h7-12H,1-6H3. The molecule has 0 nitrogen and oxygen atoms in total. The molecule has 138 valence electrons. The van der Waals surface area contributed by atoms with E-state index >= 15 is 0 Å². The monoisotopic (exact) mass is 408 g/mol. The molecule has 0 unspecified atom stereocenters. The lowest BCUT2D eigenvalue weighted by Crippen LogP contribution is -1.72. The summed E-state index contributed by atoms with van der Waals surface area (Å²) in [7, 11) is 0. The third-order valence-electron chi connectivity index (χ3n) is 5.72. The third kappa shape index (κ3) is 3.22. The number of thiophene rings is 3. The van der Waals surface area contributed by atoms with Crippen molar-refractivity contribution in [3.05, 3.63) is 69.8 Å². The van der Waals surface area contributed by atoms with E-state index in [1.54, 1.807) is 0 Å². The first-order chi connectivity index (χ1) is 12.9. The molecular formula is C24H24S3. The number of hydrogen-bond donors (Lipinski definition) is 0. The lowest BCUT2D eigenvalue weighted by atomic mass is 10.1. The average molecular weight is 409 g/mol. The molecule has 0 aliphatic heterocycles. The smallest absolute Gasteiger partial charge is 0.0309 e. The highest BCUT2D eigenvalue weighted by molar-refractivity contribution is 7.25. The molecule has 4 aromatic heterocycles. The summed E-state index contributed by atoms with van der Waals surface area (Å²) in [4.78, 5) is 0. The number of hydrogen-bond acceptors (Lipinski definition) is 3. The van der Waals surface area contributed by atoms with Crippen LogP contribution in [-0.4, -0.2) is 0 Å². The van der Waals surface area contributed by atoms with E-state index in [0.29, 0.717) is 0 Å². The van der Waals surface area contributed by atoms with E-state index in [9.17, 15) is 0 Å². The highest BCUT2D eigenvalue weighted by Crippen LogP contribution is 2.33. The molecule has 0 amide bonds. The first-order valence-electron chi connectivity index (χ1n) is 9.21. The lowest BCUT2D eigenvalue weighted by molar-refractivity contribution is 1.43. The molecule has 0 saturated carbocycles. The van der Waals surface area contributed by atoms with Crippen LogP contribution in [0.3, 0.4) is 0 Å². The summed E-state index contributed by atoms with van der Waals surface area (Å²) >= 11 is 5.68. The van der Waals surface area contributed by atoms with Gasteiger partial charge in [0.2, 0.25) is 0 Å². The second-order valence-electron chi connectivity index (χ2n) is 7.24. The average Bonchev–Trinajstić information content (AvgIpc) is 3.19. The molecule has 4 rings (SSSR count). The molecule has 0 saturated heterocycles. The van der Waals surface area contributed by atoms with Crippen molar-refractivity contribution in [1.82, 2.24) is 0 Å². The van der Waals surface area contributed by atoms with Crippen LogP contribution < -0.4 is 0 Å². The van der Waals surface area contributed by atoms with E-state index in [0.717, 1.165) is 0 Å². The van der Waals surface area contributed by atoms with E-state index in [2.05, 4.69) is 77.9 Å². The Balaban J connectivity index is 2.21. The van der Waals surface area contributed by atoms with Crippen molar-refractivity contribution in [1.29, 1.82) is 0 Å². The van der Waals surface area contributed by atoms with Crippen LogP contribution in [0.15, 0.2) is 36.4 Å². The Hall–Kier alpha value is -1.68. The van der Waals surface area contributed by atoms with Gasteiger partial charge in [-0.25, -0.2) is 0 Å². The van der Waals surface area contributed by atoms with Crippen LogP contribution in [0.5, 0.6) is 0 Å². The van der Waals surface area contributed by atoms with E-state index in [-0.39, 0.29) is 0 Å². The maximum atomic E-state index is 2.30. The van der Waals surface area contributed by atoms with Gasteiger partial charge in [-0.3, -0.25) is 0 Å². The van der Waals surface area contributed by atoms with Gasteiger partial charge >= 0.3 is 0 Å². The van der Waals surface area contributed by atoms with Crippen molar-refractivity contribution in [2.24, 2.45) is 0 Å². The van der Waals surface area contributed by atoms with Gasteiger partial charge in [0, 0.05) is 28.2 Å². The van der Waals surface area contributed by atoms with Crippen molar-refractivity contribution in [3.8, 4) is 0 Å². The molecule has 0 aliphatic carbocycles. The Morgan fingerprint density at radius 1 is 0.333 bits per heavy atom. The Morgan fingerprint density at radius 2 is 0.481 bits per heavy atom. The third-order valence-corrected chi connectivity index (χ3v) is 9.70. The molecule has 0 fully saturated rings. The van der Waals surface area contributed by atoms with Crippen molar-refractivity contribution in [2.75, 3.05) is 0 Å². The Morgan fingerprint density at radius 3 is 0.630 bits per heavy atom. The zero-order valence-corrected chi connectivity index (χ0v) is 19.1. The van der Waals surface area contributed by atoms with Crippen molar-refractivity contribution < 1.29 is 0 Å². The lowest BCUT2D eigenvalue weighted by Gasteiger charge is -1.90. The largest absolute Gasteiger partial charge is 0.136 e. The topological polar surface area (TPSA) is 0 Å². The predicted octanol–water partition coefficient (Wildman–Crippen LogP) is 8.87. The summed E-state index contributed by atoms with van der Waals surface area (Å²) in [5, 5.41) is 0. The van der Waals surface area contributed by atoms with Gasteiger partial charge in [0.15, 0.2) is 0 Å². The minimum absolute atomic E-state index is 1.37. The molecule has 0 aliphatic rings. The van der Waals surface area contributed by atoms with E-state index in [1.165, 1.54) is 61.6 Å². The molecule has 3 heteroatoms. The first kappa shape index (κ1) is 18.7. The fourth-order valence-electron chi connectivity index (χ4n) is 3.33. The van der Waals surface area contributed by atoms with E-state index in [4.69, 9.17) is 0 Å². The predicted molar refractivity (Wildman–Crippen MR) is 127 cm³/mol. The highest BCUT2D eigenvalue weighted by atomic mass is 32.1. The van der Waals surface area contributed by atoms with Gasteiger partial charge in [0.25, 0.3) is 0 Å². The fourth-order valence-corrected chi connectivity index (χ4v) is 6.70. The van der Waals surface area contributed by atoms with Crippen molar-refractivity contribution >= 4 is 62.2 Å². The van der Waals surface area contributed by atoms with Crippen LogP contribution >= 0.6 is 34.0 Å². The van der Waals surface area contributed by atoms with Gasteiger partial charge in [-0.05, 0) is 111 Å². The van der Waals surface area contributed by atoms with Crippen LogP contribution in [-0.2, 0) is 0 Å². The van der Waals surface area contributed by atoms with Gasteiger partial charge in [-0.15, -0.1) is 34.0 Å². The molecule has 4 heterocycles. The summed E-state index contributed by atoms with van der Waals surface area (Å²) in [6, 6.07) is 13.8. The molecule has 0 aromatic carbocycles. The maximum Gasteiger partial charge on any atom is 0.0309 e. The van der Waals surface area contributed by atoms with Gasteiger partial charge in [-0.2, -0.15) is 0 Å². The molecule has 0 radical (unpaired) electrons.